The normalized spacial score (nSPS) is 18.3. The lowest BCUT2D eigenvalue weighted by atomic mass is 10.3. The molecule has 0 saturated carbocycles. The minimum atomic E-state index is -0.257. The third-order valence-electron chi connectivity index (χ3n) is 1.97. The minimum absolute atomic E-state index is 0.242. The van der Waals surface area contributed by atoms with Crippen LogP contribution in [0.5, 0.6) is 0 Å². The smallest absolute Gasteiger partial charge is 0.240 e. The molecule has 0 aromatic carbocycles. The zero-order valence-corrected chi connectivity index (χ0v) is 7.53. The van der Waals surface area contributed by atoms with Crippen molar-refractivity contribution in [1.29, 1.82) is 0 Å². The number of hydrogen-bond acceptors (Lipinski definition) is 4. The fourth-order valence-electron chi connectivity index (χ4n) is 1.43. The van der Waals surface area contributed by atoms with Gasteiger partial charge in [0.05, 0.1) is 25.9 Å². The molecule has 1 aliphatic heterocycles. The quantitative estimate of drug-likeness (QED) is 0.659. The topological polar surface area (TPSA) is 62.6 Å². The summed E-state index contributed by atoms with van der Waals surface area (Å²) < 4.78 is 5.12. The van der Waals surface area contributed by atoms with Gasteiger partial charge in [0.1, 0.15) is 5.76 Å². The fraction of sp³-hybridized carbons (Fsp3) is 0.333. The lowest BCUT2D eigenvalue weighted by Gasteiger charge is -2.23. The highest BCUT2D eigenvalue weighted by Gasteiger charge is 2.22. The first-order valence-corrected chi connectivity index (χ1v) is 4.31. The van der Waals surface area contributed by atoms with Gasteiger partial charge in [-0.05, 0) is 12.1 Å². The van der Waals surface area contributed by atoms with Gasteiger partial charge < -0.3 is 4.42 Å². The molecular formula is C9H10N2O3. The molecule has 5 heteroatoms. The number of hydrogen-bond donors (Lipinski definition) is 1. The molecule has 1 saturated heterocycles. The second kappa shape index (κ2) is 3.63. The van der Waals surface area contributed by atoms with E-state index in [9.17, 15) is 9.59 Å². The summed E-state index contributed by atoms with van der Waals surface area (Å²) in [5, 5.41) is 2.24. The Morgan fingerprint density at radius 3 is 2.64 bits per heavy atom. The summed E-state index contributed by atoms with van der Waals surface area (Å²) in [6.45, 7) is 0.977. The van der Waals surface area contributed by atoms with Gasteiger partial charge >= 0.3 is 0 Å². The van der Waals surface area contributed by atoms with E-state index in [1.807, 2.05) is 6.07 Å². The molecule has 0 radical (unpaired) electrons. The van der Waals surface area contributed by atoms with Gasteiger partial charge in [-0.25, -0.2) is 0 Å². The summed E-state index contributed by atoms with van der Waals surface area (Å²) in [4.78, 5) is 23.8. The van der Waals surface area contributed by atoms with E-state index in [4.69, 9.17) is 4.42 Å². The largest absolute Gasteiger partial charge is 0.468 e. The average molecular weight is 194 g/mol. The first-order chi connectivity index (χ1) is 6.74. The zero-order valence-electron chi connectivity index (χ0n) is 7.53. The van der Waals surface area contributed by atoms with Crippen molar-refractivity contribution < 1.29 is 14.0 Å². The van der Waals surface area contributed by atoms with Gasteiger partial charge in [-0.15, -0.1) is 0 Å². The highest BCUT2D eigenvalue weighted by atomic mass is 16.3. The van der Waals surface area contributed by atoms with E-state index >= 15 is 0 Å². The molecule has 0 spiro atoms. The molecule has 2 rings (SSSR count). The standard InChI is InChI=1S/C9H10N2O3/c12-8-5-11(6-9(13)10-8)4-7-2-1-3-14-7/h1-3H,4-6H2,(H,10,12,13). The summed E-state index contributed by atoms with van der Waals surface area (Å²) in [7, 11) is 0. The van der Waals surface area contributed by atoms with E-state index in [0.29, 0.717) is 6.54 Å². The van der Waals surface area contributed by atoms with Crippen LogP contribution in [0, 0.1) is 0 Å². The summed E-state index contributed by atoms with van der Waals surface area (Å²) in [5.41, 5.74) is 0. The first-order valence-electron chi connectivity index (χ1n) is 4.31. The van der Waals surface area contributed by atoms with Gasteiger partial charge in [-0.3, -0.25) is 19.8 Å². The van der Waals surface area contributed by atoms with Gasteiger partial charge in [0.2, 0.25) is 11.8 Å². The third-order valence-corrected chi connectivity index (χ3v) is 1.97. The molecule has 1 aromatic rings. The van der Waals surface area contributed by atoms with Gasteiger partial charge in [0, 0.05) is 0 Å². The van der Waals surface area contributed by atoms with Crippen LogP contribution in [0.1, 0.15) is 5.76 Å². The van der Waals surface area contributed by atoms with Gasteiger partial charge in [0.15, 0.2) is 0 Å². The molecule has 74 valence electrons. The molecule has 0 unspecified atom stereocenters. The van der Waals surface area contributed by atoms with Crippen molar-refractivity contribution in [2.75, 3.05) is 13.1 Å². The molecular weight excluding hydrogens is 184 g/mol. The monoisotopic (exact) mass is 194 g/mol. The molecule has 2 heterocycles. The Balaban J connectivity index is 1.98. The van der Waals surface area contributed by atoms with Crippen LogP contribution in [0.15, 0.2) is 22.8 Å². The van der Waals surface area contributed by atoms with E-state index < -0.39 is 0 Å². The number of nitrogens with one attached hydrogen (secondary N) is 1. The number of furan rings is 1. The number of amides is 2. The van der Waals surface area contributed by atoms with E-state index in [0.717, 1.165) is 5.76 Å². The van der Waals surface area contributed by atoms with E-state index in [1.165, 1.54) is 0 Å². The van der Waals surface area contributed by atoms with Crippen molar-refractivity contribution in [2.45, 2.75) is 6.54 Å². The number of imide groups is 1. The first kappa shape index (κ1) is 8.96. The van der Waals surface area contributed by atoms with Crippen molar-refractivity contribution in [2.24, 2.45) is 0 Å². The Morgan fingerprint density at radius 2 is 2.07 bits per heavy atom. The second-order valence-corrected chi connectivity index (χ2v) is 3.20. The lowest BCUT2D eigenvalue weighted by Crippen LogP contribution is -2.50. The Morgan fingerprint density at radius 1 is 1.36 bits per heavy atom. The highest BCUT2D eigenvalue weighted by molar-refractivity contribution is 5.99. The van der Waals surface area contributed by atoms with Gasteiger partial charge in [-0.1, -0.05) is 0 Å². The third kappa shape index (κ3) is 2.00. The summed E-state index contributed by atoms with van der Waals surface area (Å²) >= 11 is 0. The molecule has 5 nitrogen and oxygen atoms in total. The second-order valence-electron chi connectivity index (χ2n) is 3.20. The average Bonchev–Trinajstić information content (AvgIpc) is 2.54. The van der Waals surface area contributed by atoms with Crippen molar-refractivity contribution in [3.8, 4) is 0 Å². The van der Waals surface area contributed by atoms with E-state index in [1.54, 1.807) is 17.2 Å². The molecule has 0 bridgehead atoms. The lowest BCUT2D eigenvalue weighted by molar-refractivity contribution is -0.136. The van der Waals surface area contributed by atoms with Crippen LogP contribution in [0.3, 0.4) is 0 Å². The number of nitrogens with zero attached hydrogens (tertiary/aromatic N) is 1. The van der Waals surface area contributed by atoms with Crippen LogP contribution >= 0.6 is 0 Å². The van der Waals surface area contributed by atoms with Crippen LogP contribution < -0.4 is 5.32 Å². The Kier molecular flexibility index (Phi) is 2.32. The maximum absolute atomic E-state index is 11.0. The fourth-order valence-corrected chi connectivity index (χ4v) is 1.43. The highest BCUT2D eigenvalue weighted by Crippen LogP contribution is 2.06. The minimum Gasteiger partial charge on any atom is -0.468 e. The number of carbonyl (C=O) groups is 2. The summed E-state index contributed by atoms with van der Waals surface area (Å²) in [6.07, 6.45) is 1.57. The SMILES string of the molecule is O=C1CN(Cc2ccco2)CC(=O)N1. The molecule has 1 fully saturated rings. The van der Waals surface area contributed by atoms with E-state index in [2.05, 4.69) is 5.32 Å². The maximum atomic E-state index is 11.0. The van der Waals surface area contributed by atoms with Crippen LogP contribution in [-0.4, -0.2) is 29.8 Å². The van der Waals surface area contributed by atoms with Crippen LogP contribution in [0.2, 0.25) is 0 Å². The Hall–Kier alpha value is -1.62. The van der Waals surface area contributed by atoms with Gasteiger partial charge in [-0.2, -0.15) is 0 Å². The van der Waals surface area contributed by atoms with Gasteiger partial charge in [0.25, 0.3) is 0 Å². The van der Waals surface area contributed by atoms with Crippen LogP contribution in [-0.2, 0) is 16.1 Å². The molecule has 2 amide bonds. The number of rotatable bonds is 2. The summed E-state index contributed by atoms with van der Waals surface area (Å²) in [6, 6.07) is 3.60. The van der Waals surface area contributed by atoms with E-state index in [-0.39, 0.29) is 24.9 Å². The van der Waals surface area contributed by atoms with Crippen molar-refractivity contribution in [1.82, 2.24) is 10.2 Å². The van der Waals surface area contributed by atoms with Crippen molar-refractivity contribution in [3.05, 3.63) is 24.2 Å². The molecule has 14 heavy (non-hydrogen) atoms. The predicted molar refractivity (Wildman–Crippen MR) is 47.1 cm³/mol. The molecule has 0 atom stereocenters. The van der Waals surface area contributed by atoms with Crippen LogP contribution in [0.25, 0.3) is 0 Å². The maximum Gasteiger partial charge on any atom is 0.240 e. The van der Waals surface area contributed by atoms with Crippen LogP contribution in [0.4, 0.5) is 0 Å². The van der Waals surface area contributed by atoms with Crippen molar-refractivity contribution in [3.63, 3.8) is 0 Å². The number of piperazine rings is 1. The number of carbonyl (C=O) groups excluding carboxylic acids is 2. The molecule has 1 N–H and O–H groups in total. The Labute approximate surface area is 80.7 Å². The molecule has 1 aromatic heterocycles. The van der Waals surface area contributed by atoms with Crippen molar-refractivity contribution >= 4 is 11.8 Å². The predicted octanol–water partition coefficient (Wildman–Crippen LogP) is -0.262. The summed E-state index contributed by atoms with van der Waals surface area (Å²) in [5.74, 6) is 0.244. The molecule has 0 aliphatic carbocycles. The Bertz CT molecular complexity index is 329. The molecule has 1 aliphatic rings. The zero-order chi connectivity index (χ0) is 9.97.